The number of amides is 2. The molecule has 0 saturated heterocycles. The van der Waals surface area contributed by atoms with E-state index in [4.69, 9.17) is 4.74 Å². The normalized spacial score (nSPS) is 10.9. The predicted molar refractivity (Wildman–Crippen MR) is 89.3 cm³/mol. The quantitative estimate of drug-likeness (QED) is 0.692. The number of hydrogen-bond donors (Lipinski definition) is 1. The zero-order valence-corrected chi connectivity index (χ0v) is 13.2. The Hall–Kier alpha value is -2.67. The lowest BCUT2D eigenvalue weighted by Gasteiger charge is -2.06. The van der Waals surface area contributed by atoms with Crippen LogP contribution in [0.5, 0.6) is 0 Å². The zero-order valence-electron chi connectivity index (χ0n) is 12.4. The highest BCUT2D eigenvalue weighted by Gasteiger charge is 2.10. The van der Waals surface area contributed by atoms with Crippen molar-refractivity contribution in [1.29, 1.82) is 0 Å². The second kappa shape index (κ2) is 8.70. The highest BCUT2D eigenvalue weighted by atomic mass is 32.2. The molecule has 0 bridgehead atoms. The number of ether oxygens (including phenoxy) is 1. The van der Waals surface area contributed by atoms with Gasteiger partial charge in [0.25, 0.3) is 5.91 Å². The van der Waals surface area contributed by atoms with Crippen molar-refractivity contribution in [2.75, 3.05) is 6.26 Å². The molecule has 118 valence electrons. The molecule has 0 saturated carbocycles. The maximum Gasteiger partial charge on any atom is 0.436 e. The highest BCUT2D eigenvalue weighted by molar-refractivity contribution is 8.13. The molecule has 0 aliphatic heterocycles. The summed E-state index contributed by atoms with van der Waals surface area (Å²) in [5, 5.41) is 2.71. The molecule has 6 nitrogen and oxygen atoms in total. The Morgan fingerprint density at radius 2 is 2.00 bits per heavy atom. The van der Waals surface area contributed by atoms with Gasteiger partial charge in [0.05, 0.1) is 5.56 Å². The van der Waals surface area contributed by atoms with Gasteiger partial charge in [-0.05, 0) is 24.0 Å². The zero-order chi connectivity index (χ0) is 16.5. The minimum atomic E-state index is -0.760. The molecular weight excluding hydrogens is 314 g/mol. The molecule has 0 spiro atoms. The van der Waals surface area contributed by atoms with Crippen LogP contribution in [-0.4, -0.2) is 28.4 Å². The van der Waals surface area contributed by atoms with E-state index in [0.29, 0.717) is 5.56 Å². The molecule has 2 aromatic rings. The summed E-state index contributed by atoms with van der Waals surface area (Å²) in [6.07, 6.45) is 3.94. The van der Waals surface area contributed by atoms with Crippen molar-refractivity contribution in [2.24, 2.45) is 4.99 Å². The third-order valence-electron chi connectivity index (χ3n) is 2.74. The second-order valence-electron chi connectivity index (χ2n) is 4.36. The number of carbonyl (C=O) groups excluding carboxylic acids is 2. The summed E-state index contributed by atoms with van der Waals surface area (Å²) in [4.78, 5) is 31.3. The van der Waals surface area contributed by atoms with Gasteiger partial charge in [0.2, 0.25) is 0 Å². The molecule has 0 atom stereocenters. The van der Waals surface area contributed by atoms with Crippen molar-refractivity contribution in [3.8, 4) is 0 Å². The van der Waals surface area contributed by atoms with E-state index in [9.17, 15) is 9.59 Å². The van der Waals surface area contributed by atoms with Gasteiger partial charge in [-0.3, -0.25) is 9.78 Å². The summed E-state index contributed by atoms with van der Waals surface area (Å²) < 4.78 is 5.04. The van der Waals surface area contributed by atoms with Gasteiger partial charge < -0.3 is 10.1 Å². The van der Waals surface area contributed by atoms with E-state index in [1.807, 2.05) is 30.3 Å². The lowest BCUT2D eigenvalue weighted by molar-refractivity contribution is 0.0977. The molecule has 0 aliphatic carbocycles. The smallest absolute Gasteiger partial charge is 0.436 e. The Morgan fingerprint density at radius 1 is 1.22 bits per heavy atom. The van der Waals surface area contributed by atoms with Gasteiger partial charge >= 0.3 is 6.09 Å². The molecule has 0 radical (unpaired) electrons. The summed E-state index contributed by atoms with van der Waals surface area (Å²) in [5.74, 6) is -0.387. The average Bonchev–Trinajstić information content (AvgIpc) is 2.61. The van der Waals surface area contributed by atoms with Crippen molar-refractivity contribution < 1.29 is 14.3 Å². The minimum absolute atomic E-state index is 0.126. The Kier molecular flexibility index (Phi) is 6.31. The van der Waals surface area contributed by atoms with E-state index < -0.39 is 6.09 Å². The van der Waals surface area contributed by atoms with Crippen LogP contribution in [0.2, 0.25) is 0 Å². The molecule has 1 aromatic carbocycles. The van der Waals surface area contributed by atoms with E-state index in [1.165, 1.54) is 6.20 Å². The van der Waals surface area contributed by atoms with Crippen LogP contribution < -0.4 is 5.32 Å². The van der Waals surface area contributed by atoms with Crippen LogP contribution in [0.4, 0.5) is 4.79 Å². The van der Waals surface area contributed by atoms with Crippen molar-refractivity contribution in [1.82, 2.24) is 10.3 Å². The monoisotopic (exact) mass is 329 g/mol. The molecule has 2 amide bonds. The van der Waals surface area contributed by atoms with Gasteiger partial charge in [0, 0.05) is 12.4 Å². The van der Waals surface area contributed by atoms with E-state index in [2.05, 4.69) is 15.3 Å². The van der Waals surface area contributed by atoms with E-state index in [0.717, 1.165) is 17.3 Å². The number of pyridine rings is 1. The first kappa shape index (κ1) is 16.7. The van der Waals surface area contributed by atoms with Crippen molar-refractivity contribution in [2.45, 2.75) is 6.61 Å². The van der Waals surface area contributed by atoms with Crippen molar-refractivity contribution >= 4 is 28.9 Å². The maximum absolute atomic E-state index is 12.0. The number of thioether (sulfide) groups is 1. The number of carbonyl (C=O) groups is 2. The van der Waals surface area contributed by atoms with Crippen LogP contribution in [0.3, 0.4) is 0 Å². The average molecular weight is 329 g/mol. The maximum atomic E-state index is 12.0. The van der Waals surface area contributed by atoms with Crippen LogP contribution in [0.1, 0.15) is 15.9 Å². The fourth-order valence-corrected chi connectivity index (χ4v) is 1.99. The van der Waals surface area contributed by atoms with Crippen LogP contribution in [-0.2, 0) is 11.3 Å². The molecule has 1 heterocycles. The van der Waals surface area contributed by atoms with Gasteiger partial charge in [-0.15, -0.1) is 0 Å². The first-order chi connectivity index (χ1) is 11.2. The SMILES string of the molecule is CS/C(=N\C(=O)OCc1ccccc1)NC(=O)c1cccnc1. The first-order valence-corrected chi connectivity index (χ1v) is 7.96. The lowest BCUT2D eigenvalue weighted by atomic mass is 10.2. The van der Waals surface area contributed by atoms with Crippen LogP contribution in [0, 0.1) is 0 Å². The van der Waals surface area contributed by atoms with Crippen molar-refractivity contribution in [3.05, 3.63) is 66.0 Å². The minimum Gasteiger partial charge on any atom is -0.443 e. The number of nitrogens with one attached hydrogen (secondary N) is 1. The standard InChI is InChI=1S/C16H15N3O3S/c1-23-15(18-14(20)13-8-5-9-17-10-13)19-16(21)22-11-12-6-3-2-4-7-12/h2-10H,11H2,1H3,(H,18,19,20,21). The van der Waals surface area contributed by atoms with Crippen LogP contribution in [0.25, 0.3) is 0 Å². The third kappa shape index (κ3) is 5.55. The number of benzene rings is 1. The lowest BCUT2D eigenvalue weighted by Crippen LogP contribution is -2.29. The Morgan fingerprint density at radius 3 is 2.65 bits per heavy atom. The summed E-state index contributed by atoms with van der Waals surface area (Å²) >= 11 is 1.14. The van der Waals surface area contributed by atoms with Gasteiger partial charge in [-0.2, -0.15) is 4.99 Å². The third-order valence-corrected chi connectivity index (χ3v) is 3.32. The second-order valence-corrected chi connectivity index (χ2v) is 5.15. The molecule has 1 aromatic heterocycles. The molecule has 0 unspecified atom stereocenters. The summed E-state index contributed by atoms with van der Waals surface area (Å²) in [6.45, 7) is 0.126. The number of amidine groups is 1. The number of aromatic nitrogens is 1. The van der Waals surface area contributed by atoms with Crippen LogP contribution >= 0.6 is 11.8 Å². The number of aliphatic imine (C=N–C) groups is 1. The highest BCUT2D eigenvalue weighted by Crippen LogP contribution is 2.04. The summed E-state index contributed by atoms with van der Waals surface area (Å²) in [6, 6.07) is 12.5. The van der Waals surface area contributed by atoms with Gasteiger partial charge in [0.1, 0.15) is 6.61 Å². The largest absolute Gasteiger partial charge is 0.443 e. The molecule has 0 fully saturated rings. The molecular formula is C16H15N3O3S. The van der Waals surface area contributed by atoms with E-state index in [-0.39, 0.29) is 17.7 Å². The van der Waals surface area contributed by atoms with Gasteiger partial charge in [0.15, 0.2) is 5.17 Å². The van der Waals surface area contributed by atoms with E-state index >= 15 is 0 Å². The number of nitrogens with zero attached hydrogens (tertiary/aromatic N) is 2. The van der Waals surface area contributed by atoms with Crippen LogP contribution in [0.15, 0.2) is 59.9 Å². The predicted octanol–water partition coefficient (Wildman–Crippen LogP) is 2.87. The Labute approximate surface area is 138 Å². The Balaban J connectivity index is 1.92. The molecule has 0 aliphatic rings. The topological polar surface area (TPSA) is 80.6 Å². The molecule has 2 rings (SSSR count). The van der Waals surface area contributed by atoms with Crippen molar-refractivity contribution in [3.63, 3.8) is 0 Å². The van der Waals surface area contributed by atoms with Gasteiger partial charge in [-0.25, -0.2) is 4.79 Å². The summed E-state index contributed by atoms with van der Waals surface area (Å²) in [5.41, 5.74) is 1.24. The van der Waals surface area contributed by atoms with Gasteiger partial charge in [-0.1, -0.05) is 42.1 Å². The summed E-state index contributed by atoms with van der Waals surface area (Å²) in [7, 11) is 0. The molecule has 1 N–H and O–H groups in total. The number of hydrogen-bond acceptors (Lipinski definition) is 5. The molecule has 23 heavy (non-hydrogen) atoms. The number of rotatable bonds is 3. The first-order valence-electron chi connectivity index (χ1n) is 6.74. The Bertz CT molecular complexity index is 690. The molecule has 7 heteroatoms. The van der Waals surface area contributed by atoms with E-state index in [1.54, 1.807) is 24.6 Å². The fraction of sp³-hybridized carbons (Fsp3) is 0.125. The fourth-order valence-electron chi connectivity index (χ4n) is 1.63.